The molecule has 1 fully saturated rings. The van der Waals surface area contributed by atoms with Gasteiger partial charge in [0, 0.05) is 18.8 Å². The van der Waals surface area contributed by atoms with Crippen LogP contribution in [0.3, 0.4) is 0 Å². The van der Waals surface area contributed by atoms with Crippen molar-refractivity contribution >= 4 is 33.1 Å². The fourth-order valence-corrected chi connectivity index (χ4v) is 3.85. The van der Waals surface area contributed by atoms with Gasteiger partial charge in [-0.2, -0.15) is 13.2 Å². The van der Waals surface area contributed by atoms with E-state index in [2.05, 4.69) is 25.8 Å². The van der Waals surface area contributed by atoms with Gasteiger partial charge in [0.25, 0.3) is 0 Å². The largest absolute Gasteiger partial charge is 0.416 e. The molecule has 0 amide bonds. The molecule has 2 atom stereocenters. The summed E-state index contributed by atoms with van der Waals surface area (Å²) in [7, 11) is 0. The van der Waals surface area contributed by atoms with Crippen molar-refractivity contribution in [3.05, 3.63) is 46.6 Å². The quantitative estimate of drug-likeness (QED) is 0.718. The van der Waals surface area contributed by atoms with Crippen molar-refractivity contribution in [2.24, 2.45) is 0 Å². The summed E-state index contributed by atoms with van der Waals surface area (Å²) in [5, 5.41) is 10.0. The van der Waals surface area contributed by atoms with Gasteiger partial charge in [-0.3, -0.25) is 0 Å². The average molecular weight is 414 g/mol. The average Bonchev–Trinajstić information content (AvgIpc) is 2.94. The maximum absolute atomic E-state index is 12.8. The number of halogens is 4. The molecular weight excluding hydrogens is 399 g/mol. The second-order valence-corrected chi connectivity index (χ2v) is 7.14. The Balaban J connectivity index is 1.74. The number of aliphatic hydroxyl groups excluding tert-OH is 1. The van der Waals surface area contributed by atoms with Crippen molar-refractivity contribution in [2.45, 2.75) is 24.7 Å². The van der Waals surface area contributed by atoms with Crippen LogP contribution in [0.25, 0.3) is 0 Å². The molecule has 0 aliphatic carbocycles. The summed E-state index contributed by atoms with van der Waals surface area (Å²) in [5.41, 5.74) is 0.841. The van der Waals surface area contributed by atoms with Crippen molar-refractivity contribution in [1.29, 1.82) is 0 Å². The number of nitrogens with zero attached hydrogens (tertiary/aromatic N) is 3. The Bertz CT molecular complexity index is 797. The van der Waals surface area contributed by atoms with Gasteiger partial charge in [-0.15, -0.1) is 0 Å². The topological polar surface area (TPSA) is 39.6 Å². The molecule has 2 aromatic rings. The molecule has 0 spiro atoms. The van der Waals surface area contributed by atoms with Gasteiger partial charge in [0.1, 0.15) is 4.60 Å². The number of pyridine rings is 1. The lowest BCUT2D eigenvalue weighted by molar-refractivity contribution is -0.137. The van der Waals surface area contributed by atoms with Gasteiger partial charge >= 0.3 is 6.18 Å². The molecule has 0 bridgehead atoms. The first-order valence-electron chi connectivity index (χ1n) is 7.89. The summed E-state index contributed by atoms with van der Waals surface area (Å²) < 4.78 is 39.1. The second kappa shape index (κ2) is 5.88. The molecule has 4 rings (SSSR count). The molecular formula is C17H15BrF3N3O. The highest BCUT2D eigenvalue weighted by Gasteiger charge is 2.39. The molecule has 1 saturated heterocycles. The minimum Gasteiger partial charge on any atom is -0.391 e. The van der Waals surface area contributed by atoms with Gasteiger partial charge in [-0.05, 0) is 58.7 Å². The molecule has 25 heavy (non-hydrogen) atoms. The highest BCUT2D eigenvalue weighted by molar-refractivity contribution is 9.10. The molecule has 3 heterocycles. The van der Waals surface area contributed by atoms with Crippen LogP contribution in [0.2, 0.25) is 0 Å². The van der Waals surface area contributed by atoms with Crippen LogP contribution >= 0.6 is 15.9 Å². The summed E-state index contributed by atoms with van der Waals surface area (Å²) in [6, 6.07) is 8.93. The number of aromatic nitrogens is 1. The van der Waals surface area contributed by atoms with Crippen LogP contribution in [-0.2, 0) is 6.18 Å². The van der Waals surface area contributed by atoms with Crippen molar-refractivity contribution < 1.29 is 18.3 Å². The predicted octanol–water partition coefficient (Wildman–Crippen LogP) is 3.95. The Kier molecular flexibility index (Phi) is 3.92. The third-order valence-corrected chi connectivity index (χ3v) is 5.12. The monoisotopic (exact) mass is 413 g/mol. The Hall–Kier alpha value is -1.80. The minimum absolute atomic E-state index is 0.0755. The van der Waals surface area contributed by atoms with Gasteiger partial charge < -0.3 is 14.9 Å². The fraction of sp³-hybridized carbons (Fsp3) is 0.353. The highest BCUT2D eigenvalue weighted by atomic mass is 79.9. The first-order valence-corrected chi connectivity index (χ1v) is 8.68. The molecule has 0 saturated carbocycles. The van der Waals surface area contributed by atoms with Crippen LogP contribution in [0.4, 0.5) is 30.4 Å². The molecule has 4 nitrogen and oxygen atoms in total. The third kappa shape index (κ3) is 2.97. The van der Waals surface area contributed by atoms with Crippen LogP contribution in [0.1, 0.15) is 12.0 Å². The lowest BCUT2D eigenvalue weighted by Gasteiger charge is -2.40. The van der Waals surface area contributed by atoms with E-state index >= 15 is 0 Å². The Morgan fingerprint density at radius 3 is 2.48 bits per heavy atom. The number of alkyl halides is 3. The second-order valence-electron chi connectivity index (χ2n) is 6.33. The maximum Gasteiger partial charge on any atom is 0.416 e. The molecule has 2 aliphatic rings. The number of anilines is 3. The highest BCUT2D eigenvalue weighted by Crippen LogP contribution is 2.42. The summed E-state index contributed by atoms with van der Waals surface area (Å²) in [6.07, 6.45) is -4.16. The smallest absolute Gasteiger partial charge is 0.391 e. The van der Waals surface area contributed by atoms with Gasteiger partial charge in [-0.25, -0.2) is 4.98 Å². The van der Waals surface area contributed by atoms with Gasteiger partial charge in [0.05, 0.1) is 23.4 Å². The summed E-state index contributed by atoms with van der Waals surface area (Å²) in [6.45, 7) is 1.11. The van der Waals surface area contributed by atoms with E-state index in [1.54, 1.807) is 0 Å². The summed E-state index contributed by atoms with van der Waals surface area (Å²) in [5.74, 6) is 0.738. The van der Waals surface area contributed by atoms with E-state index in [1.165, 1.54) is 12.1 Å². The minimum atomic E-state index is -4.35. The van der Waals surface area contributed by atoms with E-state index in [4.69, 9.17) is 0 Å². The summed E-state index contributed by atoms with van der Waals surface area (Å²) in [4.78, 5) is 8.57. The Labute approximate surface area is 151 Å². The Morgan fingerprint density at radius 2 is 1.80 bits per heavy atom. The van der Waals surface area contributed by atoms with Crippen molar-refractivity contribution in [2.75, 3.05) is 22.9 Å². The normalized spacial score (nSPS) is 22.8. The molecule has 1 aromatic heterocycles. The standard InChI is InChI=1S/C17H15BrF3N3O/c18-15-6-5-14-16(22-15)24-9-13(25)7-12(24)8-23(14)11-3-1-10(2-4-11)17(19,20)21/h1-6,12-13,25H,7-9H2/t12-,13+/m1/s1. The zero-order valence-electron chi connectivity index (χ0n) is 13.0. The van der Waals surface area contributed by atoms with E-state index in [-0.39, 0.29) is 6.04 Å². The molecule has 0 unspecified atom stereocenters. The number of aliphatic hydroxyl groups is 1. The first-order chi connectivity index (χ1) is 11.8. The van der Waals surface area contributed by atoms with Crippen LogP contribution in [0.15, 0.2) is 41.0 Å². The van der Waals surface area contributed by atoms with Crippen molar-refractivity contribution in [1.82, 2.24) is 4.98 Å². The SMILES string of the molecule is O[C@H]1C[C@@H]2CN(c3ccc(C(F)(F)F)cc3)c3ccc(Br)nc3N2C1. The van der Waals surface area contributed by atoms with E-state index in [1.807, 2.05) is 17.0 Å². The van der Waals surface area contributed by atoms with E-state index in [9.17, 15) is 18.3 Å². The Morgan fingerprint density at radius 1 is 1.08 bits per heavy atom. The predicted molar refractivity (Wildman–Crippen MR) is 92.1 cm³/mol. The zero-order valence-corrected chi connectivity index (χ0v) is 14.6. The lowest BCUT2D eigenvalue weighted by atomic mass is 10.1. The molecule has 132 valence electrons. The fourth-order valence-electron chi connectivity index (χ4n) is 3.55. The van der Waals surface area contributed by atoms with E-state index in [0.717, 1.165) is 23.6 Å². The number of rotatable bonds is 1. The van der Waals surface area contributed by atoms with E-state index in [0.29, 0.717) is 29.8 Å². The van der Waals surface area contributed by atoms with Crippen LogP contribution in [0, 0.1) is 0 Å². The molecule has 2 aliphatic heterocycles. The van der Waals surface area contributed by atoms with Crippen molar-refractivity contribution in [3.8, 4) is 0 Å². The first kappa shape index (κ1) is 16.7. The molecule has 1 N–H and O–H groups in total. The number of hydrogen-bond donors (Lipinski definition) is 1. The van der Waals surface area contributed by atoms with Crippen LogP contribution < -0.4 is 9.80 Å². The lowest BCUT2D eigenvalue weighted by Crippen LogP contribution is -2.44. The van der Waals surface area contributed by atoms with Crippen LogP contribution in [-0.4, -0.2) is 35.3 Å². The molecule has 1 aromatic carbocycles. The third-order valence-electron chi connectivity index (χ3n) is 4.68. The summed E-state index contributed by atoms with van der Waals surface area (Å²) >= 11 is 3.37. The molecule has 8 heteroatoms. The van der Waals surface area contributed by atoms with Gasteiger partial charge in [-0.1, -0.05) is 0 Å². The van der Waals surface area contributed by atoms with E-state index < -0.39 is 17.8 Å². The van der Waals surface area contributed by atoms with Gasteiger partial charge in [0.2, 0.25) is 0 Å². The number of fused-ring (bicyclic) bond motifs is 3. The number of hydrogen-bond acceptors (Lipinski definition) is 4. The maximum atomic E-state index is 12.8. The van der Waals surface area contributed by atoms with Gasteiger partial charge in [0.15, 0.2) is 5.82 Å². The molecule has 0 radical (unpaired) electrons. The number of benzene rings is 1. The van der Waals surface area contributed by atoms with Crippen LogP contribution in [0.5, 0.6) is 0 Å². The van der Waals surface area contributed by atoms with Crippen molar-refractivity contribution in [3.63, 3.8) is 0 Å². The zero-order chi connectivity index (χ0) is 17.8.